The maximum absolute atomic E-state index is 13.5. The van der Waals surface area contributed by atoms with Crippen molar-refractivity contribution in [2.45, 2.75) is 76.9 Å². The fourth-order valence-electron chi connectivity index (χ4n) is 4.67. The molecule has 1 fully saturated rings. The van der Waals surface area contributed by atoms with E-state index in [1.807, 2.05) is 55.5 Å². The Hall–Kier alpha value is -3.02. The minimum Gasteiger partial charge on any atom is -0.493 e. The molecule has 1 aliphatic rings. The van der Waals surface area contributed by atoms with Crippen molar-refractivity contribution < 1.29 is 19.1 Å². The third-order valence-corrected chi connectivity index (χ3v) is 6.61. The molecule has 3 rings (SSSR count). The number of nitrogens with zero attached hydrogens (tertiary/aromatic N) is 1. The van der Waals surface area contributed by atoms with Crippen LogP contribution in [0.3, 0.4) is 0 Å². The molecule has 2 amide bonds. The molecule has 184 valence electrons. The van der Waals surface area contributed by atoms with Crippen molar-refractivity contribution in [2.24, 2.45) is 0 Å². The van der Waals surface area contributed by atoms with E-state index in [4.69, 9.17) is 9.47 Å². The molecular formula is C28H38N2O4. The molecule has 1 N–H and O–H groups in total. The Morgan fingerprint density at radius 1 is 0.971 bits per heavy atom. The third-order valence-electron chi connectivity index (χ3n) is 6.61. The van der Waals surface area contributed by atoms with E-state index < -0.39 is 6.04 Å². The fourth-order valence-corrected chi connectivity index (χ4v) is 4.67. The summed E-state index contributed by atoms with van der Waals surface area (Å²) in [6, 6.07) is 15.3. The highest BCUT2D eigenvalue weighted by Crippen LogP contribution is 2.28. The molecule has 0 spiro atoms. The van der Waals surface area contributed by atoms with Gasteiger partial charge >= 0.3 is 0 Å². The van der Waals surface area contributed by atoms with Gasteiger partial charge < -0.3 is 19.7 Å². The van der Waals surface area contributed by atoms with E-state index in [1.54, 1.807) is 19.1 Å². The van der Waals surface area contributed by atoms with Crippen LogP contribution in [0, 0.1) is 0 Å². The van der Waals surface area contributed by atoms with E-state index in [0.29, 0.717) is 37.3 Å². The monoisotopic (exact) mass is 466 g/mol. The molecule has 6 nitrogen and oxygen atoms in total. The Balaban J connectivity index is 1.74. The Kier molecular flexibility index (Phi) is 9.80. The molecule has 1 aliphatic carbocycles. The van der Waals surface area contributed by atoms with Gasteiger partial charge in [0.25, 0.3) is 0 Å². The lowest BCUT2D eigenvalue weighted by Gasteiger charge is -2.33. The van der Waals surface area contributed by atoms with E-state index in [2.05, 4.69) is 5.32 Å². The minimum atomic E-state index is -0.486. The SMILES string of the molecule is CCC(C(=O)NC1CCCCC1)N(Cc1ccccc1)C(=O)CCc1ccc(OC)c(OC)c1. The van der Waals surface area contributed by atoms with Crippen LogP contribution in [0.25, 0.3) is 0 Å². The summed E-state index contributed by atoms with van der Waals surface area (Å²) in [5.41, 5.74) is 2.01. The quantitative estimate of drug-likeness (QED) is 0.512. The maximum atomic E-state index is 13.5. The van der Waals surface area contributed by atoms with Gasteiger partial charge in [0, 0.05) is 19.0 Å². The van der Waals surface area contributed by atoms with E-state index in [9.17, 15) is 9.59 Å². The van der Waals surface area contributed by atoms with Crippen molar-refractivity contribution in [1.29, 1.82) is 0 Å². The molecule has 1 atom stereocenters. The molecule has 2 aromatic rings. The summed E-state index contributed by atoms with van der Waals surface area (Å²) in [5, 5.41) is 3.23. The van der Waals surface area contributed by atoms with Crippen LogP contribution in [0.15, 0.2) is 48.5 Å². The minimum absolute atomic E-state index is 0.0238. The zero-order valence-corrected chi connectivity index (χ0v) is 20.7. The Bertz CT molecular complexity index is 925. The van der Waals surface area contributed by atoms with Crippen molar-refractivity contribution in [1.82, 2.24) is 10.2 Å². The van der Waals surface area contributed by atoms with Crippen LogP contribution < -0.4 is 14.8 Å². The van der Waals surface area contributed by atoms with Crippen molar-refractivity contribution in [2.75, 3.05) is 14.2 Å². The van der Waals surface area contributed by atoms with Gasteiger partial charge in [-0.25, -0.2) is 0 Å². The summed E-state index contributed by atoms with van der Waals surface area (Å²) >= 11 is 0. The highest BCUT2D eigenvalue weighted by atomic mass is 16.5. The lowest BCUT2D eigenvalue weighted by Crippen LogP contribution is -2.51. The first kappa shape index (κ1) is 25.6. The standard InChI is InChI=1S/C28H38N2O4/c1-4-24(28(32)29-23-13-9-6-10-14-23)30(20-22-11-7-5-8-12-22)27(31)18-16-21-15-17-25(33-2)26(19-21)34-3/h5,7-8,11-12,15,17,19,23-24H,4,6,9-10,13-14,16,18,20H2,1-3H3,(H,29,32). The third kappa shape index (κ3) is 6.99. The lowest BCUT2D eigenvalue weighted by molar-refractivity contribution is -0.141. The van der Waals surface area contributed by atoms with Gasteiger partial charge in [0.2, 0.25) is 11.8 Å². The van der Waals surface area contributed by atoms with Crippen LogP contribution in [-0.2, 0) is 22.6 Å². The highest BCUT2D eigenvalue weighted by Gasteiger charge is 2.30. The van der Waals surface area contributed by atoms with Crippen LogP contribution in [-0.4, -0.2) is 43.0 Å². The molecule has 0 heterocycles. The first-order chi connectivity index (χ1) is 16.5. The number of aryl methyl sites for hydroxylation is 1. The molecule has 0 saturated heterocycles. The predicted molar refractivity (Wildman–Crippen MR) is 134 cm³/mol. The zero-order valence-electron chi connectivity index (χ0n) is 20.7. The number of carbonyl (C=O) groups excluding carboxylic acids is 2. The number of rotatable bonds is 11. The normalized spacial score (nSPS) is 14.8. The zero-order chi connectivity index (χ0) is 24.3. The van der Waals surface area contributed by atoms with Crippen LogP contribution >= 0.6 is 0 Å². The van der Waals surface area contributed by atoms with Gasteiger partial charge in [0.1, 0.15) is 6.04 Å². The van der Waals surface area contributed by atoms with Gasteiger partial charge in [-0.3, -0.25) is 9.59 Å². The molecule has 0 aliphatic heterocycles. The van der Waals surface area contributed by atoms with Crippen molar-refractivity contribution in [3.05, 3.63) is 59.7 Å². The molecule has 6 heteroatoms. The van der Waals surface area contributed by atoms with E-state index in [-0.39, 0.29) is 17.9 Å². The van der Waals surface area contributed by atoms with Gasteiger partial charge in [0.05, 0.1) is 14.2 Å². The summed E-state index contributed by atoms with van der Waals surface area (Å²) in [7, 11) is 3.21. The first-order valence-electron chi connectivity index (χ1n) is 12.4. The Morgan fingerprint density at radius 3 is 2.32 bits per heavy atom. The molecule has 2 aromatic carbocycles. The number of hydrogen-bond donors (Lipinski definition) is 1. The average Bonchev–Trinajstić information content (AvgIpc) is 2.88. The van der Waals surface area contributed by atoms with Gasteiger partial charge in [-0.1, -0.05) is 62.6 Å². The van der Waals surface area contributed by atoms with E-state index in [1.165, 1.54) is 6.42 Å². The van der Waals surface area contributed by atoms with Gasteiger partial charge in [-0.05, 0) is 48.9 Å². The number of methoxy groups -OCH3 is 2. The van der Waals surface area contributed by atoms with Crippen molar-refractivity contribution in [3.63, 3.8) is 0 Å². The molecular weight excluding hydrogens is 428 g/mol. The van der Waals surface area contributed by atoms with Gasteiger partial charge in [-0.15, -0.1) is 0 Å². The molecule has 34 heavy (non-hydrogen) atoms. The summed E-state index contributed by atoms with van der Waals surface area (Å²) in [5.74, 6) is 1.25. The summed E-state index contributed by atoms with van der Waals surface area (Å²) < 4.78 is 10.7. The van der Waals surface area contributed by atoms with E-state index >= 15 is 0 Å². The lowest BCUT2D eigenvalue weighted by atomic mass is 9.95. The van der Waals surface area contributed by atoms with Crippen molar-refractivity contribution in [3.8, 4) is 11.5 Å². The topological polar surface area (TPSA) is 67.9 Å². The first-order valence-corrected chi connectivity index (χ1v) is 12.4. The molecule has 1 unspecified atom stereocenters. The maximum Gasteiger partial charge on any atom is 0.243 e. The summed E-state index contributed by atoms with van der Waals surface area (Å²) in [4.78, 5) is 28.5. The summed E-state index contributed by atoms with van der Waals surface area (Å²) in [6.45, 7) is 2.40. The molecule has 1 saturated carbocycles. The number of amides is 2. The number of carbonyl (C=O) groups is 2. The molecule has 0 radical (unpaired) electrons. The molecule has 0 aromatic heterocycles. The van der Waals surface area contributed by atoms with Crippen LogP contribution in [0.5, 0.6) is 11.5 Å². The Labute approximate surface area is 203 Å². The second-order valence-corrected chi connectivity index (χ2v) is 8.96. The summed E-state index contributed by atoms with van der Waals surface area (Å²) in [6.07, 6.45) is 7.04. The Morgan fingerprint density at radius 2 is 1.68 bits per heavy atom. The number of ether oxygens (including phenoxy) is 2. The number of benzene rings is 2. The molecule has 0 bridgehead atoms. The largest absolute Gasteiger partial charge is 0.493 e. The highest BCUT2D eigenvalue weighted by molar-refractivity contribution is 5.88. The average molecular weight is 467 g/mol. The second kappa shape index (κ2) is 13.0. The van der Waals surface area contributed by atoms with Gasteiger partial charge in [0.15, 0.2) is 11.5 Å². The number of nitrogens with one attached hydrogen (secondary N) is 1. The fraction of sp³-hybridized carbons (Fsp3) is 0.500. The van der Waals surface area contributed by atoms with E-state index in [0.717, 1.165) is 36.8 Å². The smallest absolute Gasteiger partial charge is 0.243 e. The van der Waals surface area contributed by atoms with Crippen molar-refractivity contribution >= 4 is 11.8 Å². The second-order valence-electron chi connectivity index (χ2n) is 8.96. The predicted octanol–water partition coefficient (Wildman–Crippen LogP) is 4.89. The van der Waals surface area contributed by atoms with Gasteiger partial charge in [-0.2, -0.15) is 0 Å². The number of hydrogen-bond acceptors (Lipinski definition) is 4. The van der Waals surface area contributed by atoms with Crippen LogP contribution in [0.1, 0.15) is 63.0 Å². The van der Waals surface area contributed by atoms with Crippen LogP contribution in [0.4, 0.5) is 0 Å². The van der Waals surface area contributed by atoms with Crippen LogP contribution in [0.2, 0.25) is 0 Å².